The van der Waals surface area contributed by atoms with Gasteiger partial charge in [-0.25, -0.2) is 9.59 Å². The van der Waals surface area contributed by atoms with Crippen LogP contribution < -0.4 is 9.64 Å². The molecule has 0 radical (unpaired) electrons. The average Bonchev–Trinajstić information content (AvgIpc) is 3.36. The zero-order valence-electron chi connectivity index (χ0n) is 17.9. The van der Waals surface area contributed by atoms with Gasteiger partial charge in [-0.2, -0.15) is 0 Å². The van der Waals surface area contributed by atoms with Gasteiger partial charge < -0.3 is 14.6 Å². The van der Waals surface area contributed by atoms with Crippen LogP contribution in [-0.4, -0.2) is 36.9 Å². The molecule has 5 rings (SSSR count). The van der Waals surface area contributed by atoms with Crippen LogP contribution in [-0.2, 0) is 16.0 Å². The van der Waals surface area contributed by atoms with Crippen molar-refractivity contribution in [2.24, 2.45) is 0 Å². The first-order valence-electron chi connectivity index (χ1n) is 10.5. The van der Waals surface area contributed by atoms with Crippen molar-refractivity contribution in [1.29, 1.82) is 0 Å². The summed E-state index contributed by atoms with van der Waals surface area (Å²) >= 11 is 0. The van der Waals surface area contributed by atoms with Crippen LogP contribution in [0.3, 0.4) is 0 Å². The summed E-state index contributed by atoms with van der Waals surface area (Å²) in [6.07, 6.45) is -0.478. The van der Waals surface area contributed by atoms with Crippen molar-refractivity contribution < 1.29 is 24.2 Å². The number of carbonyl (C=O) groups is 2. The molecule has 0 bridgehead atoms. The molecule has 0 fully saturated rings. The maximum Gasteiger partial charge on any atom is 0.415 e. The number of anilines is 1. The summed E-state index contributed by atoms with van der Waals surface area (Å²) in [6.45, 7) is 1.99. The van der Waals surface area contributed by atoms with Crippen molar-refractivity contribution in [2.45, 2.75) is 25.3 Å². The molecular weight excluding hydrogens is 406 g/mol. The van der Waals surface area contributed by atoms with Crippen molar-refractivity contribution in [1.82, 2.24) is 0 Å². The molecule has 0 aromatic heterocycles. The van der Waals surface area contributed by atoms with E-state index in [1.54, 1.807) is 6.07 Å². The van der Waals surface area contributed by atoms with Gasteiger partial charge in [0.15, 0.2) is 0 Å². The number of fused-ring (bicyclic) bond motifs is 4. The molecule has 3 aromatic rings. The van der Waals surface area contributed by atoms with Crippen LogP contribution in [0.5, 0.6) is 5.75 Å². The summed E-state index contributed by atoms with van der Waals surface area (Å²) in [5.74, 6) is -0.593. The van der Waals surface area contributed by atoms with Crippen molar-refractivity contribution in [2.75, 3.05) is 18.6 Å². The van der Waals surface area contributed by atoms with Gasteiger partial charge in [-0.3, -0.25) is 4.90 Å². The van der Waals surface area contributed by atoms with E-state index in [1.165, 1.54) is 12.0 Å². The van der Waals surface area contributed by atoms with Crippen LogP contribution in [0.4, 0.5) is 10.5 Å². The Bertz CT molecular complexity index is 1190. The Balaban J connectivity index is 1.46. The number of aliphatic carboxylic acids is 1. The fourth-order valence-corrected chi connectivity index (χ4v) is 4.98. The number of benzene rings is 3. The number of carboxylic acid groups (broad SMARTS) is 1. The number of methoxy groups -OCH3 is 1. The van der Waals surface area contributed by atoms with E-state index < -0.39 is 18.1 Å². The molecule has 1 atom stereocenters. The monoisotopic (exact) mass is 429 g/mol. The molecule has 2 aliphatic rings. The number of hydrogen-bond donors (Lipinski definition) is 1. The number of rotatable bonds is 4. The van der Waals surface area contributed by atoms with Crippen LogP contribution in [0.2, 0.25) is 0 Å². The first-order chi connectivity index (χ1) is 15.5. The lowest BCUT2D eigenvalue weighted by Gasteiger charge is -2.24. The standard InChI is InChI=1S/C26H23NO5/c1-15-11-12-23(31-2)20-13-22(25(28)29)27(24(15)20)26(30)32-14-21-18-9-5-3-7-16(18)17-8-4-6-10-19(17)21/h3-12,21-22H,13-14H2,1-2H3,(H,28,29). The summed E-state index contributed by atoms with van der Waals surface area (Å²) in [5.41, 5.74) is 6.58. The van der Waals surface area contributed by atoms with E-state index in [0.717, 1.165) is 27.8 Å². The van der Waals surface area contributed by atoms with Gasteiger partial charge in [0.2, 0.25) is 0 Å². The molecule has 6 heteroatoms. The van der Waals surface area contributed by atoms with Gasteiger partial charge in [0.1, 0.15) is 18.4 Å². The maximum atomic E-state index is 13.3. The number of hydrogen-bond acceptors (Lipinski definition) is 4. The summed E-state index contributed by atoms with van der Waals surface area (Å²) in [5, 5.41) is 9.81. The number of aryl methyl sites for hydroxylation is 1. The van der Waals surface area contributed by atoms with Crippen molar-refractivity contribution in [3.05, 3.63) is 82.9 Å². The molecule has 1 amide bonds. The third-order valence-corrected chi connectivity index (χ3v) is 6.43. The summed E-state index contributed by atoms with van der Waals surface area (Å²) in [7, 11) is 1.54. The Morgan fingerprint density at radius 3 is 2.22 bits per heavy atom. The molecule has 3 aromatic carbocycles. The van der Waals surface area contributed by atoms with E-state index in [2.05, 4.69) is 12.1 Å². The van der Waals surface area contributed by atoms with Crippen LogP contribution in [0.15, 0.2) is 60.7 Å². The lowest BCUT2D eigenvalue weighted by molar-refractivity contribution is -0.138. The highest BCUT2D eigenvalue weighted by molar-refractivity contribution is 6.00. The number of carboxylic acids is 1. The molecule has 1 aliphatic heterocycles. The number of nitrogens with zero attached hydrogens (tertiary/aromatic N) is 1. The Hall–Kier alpha value is -3.80. The highest BCUT2D eigenvalue weighted by atomic mass is 16.6. The smallest absolute Gasteiger partial charge is 0.415 e. The lowest BCUT2D eigenvalue weighted by atomic mass is 9.98. The van der Waals surface area contributed by atoms with Gasteiger partial charge in [-0.15, -0.1) is 0 Å². The topological polar surface area (TPSA) is 76.1 Å². The highest BCUT2D eigenvalue weighted by Gasteiger charge is 2.42. The molecule has 0 saturated carbocycles. The Morgan fingerprint density at radius 1 is 1.00 bits per heavy atom. The summed E-state index contributed by atoms with van der Waals surface area (Å²) in [6, 6.07) is 18.8. The second kappa shape index (κ2) is 7.71. The lowest BCUT2D eigenvalue weighted by Crippen LogP contribution is -2.43. The van der Waals surface area contributed by atoms with Crippen LogP contribution >= 0.6 is 0 Å². The minimum absolute atomic E-state index is 0.0943. The molecule has 1 unspecified atom stereocenters. The van der Waals surface area contributed by atoms with Crippen LogP contribution in [0.25, 0.3) is 11.1 Å². The molecular formula is C26H23NO5. The number of ether oxygens (including phenoxy) is 2. The Kier molecular flexibility index (Phi) is 4.85. The molecule has 32 heavy (non-hydrogen) atoms. The second-order valence-corrected chi connectivity index (χ2v) is 8.14. The van der Waals surface area contributed by atoms with Crippen molar-refractivity contribution in [3.63, 3.8) is 0 Å². The predicted octanol–water partition coefficient (Wildman–Crippen LogP) is 4.77. The normalized spacial score (nSPS) is 16.3. The van der Waals surface area contributed by atoms with E-state index in [-0.39, 0.29) is 18.9 Å². The second-order valence-electron chi connectivity index (χ2n) is 8.14. The maximum absolute atomic E-state index is 13.3. The fourth-order valence-electron chi connectivity index (χ4n) is 4.98. The van der Waals surface area contributed by atoms with Crippen LogP contribution in [0, 0.1) is 6.92 Å². The number of carbonyl (C=O) groups excluding carboxylic acids is 1. The van der Waals surface area contributed by atoms with Gasteiger partial charge in [-0.05, 0) is 40.8 Å². The van der Waals surface area contributed by atoms with E-state index >= 15 is 0 Å². The van der Waals surface area contributed by atoms with E-state index in [4.69, 9.17) is 9.47 Å². The molecule has 0 saturated heterocycles. The fraction of sp³-hybridized carbons (Fsp3) is 0.231. The molecule has 0 spiro atoms. The quantitative estimate of drug-likeness (QED) is 0.647. The molecule has 6 nitrogen and oxygen atoms in total. The third-order valence-electron chi connectivity index (χ3n) is 6.43. The van der Waals surface area contributed by atoms with E-state index in [1.807, 2.05) is 49.4 Å². The van der Waals surface area contributed by atoms with Crippen molar-refractivity contribution in [3.8, 4) is 16.9 Å². The largest absolute Gasteiger partial charge is 0.496 e. The highest BCUT2D eigenvalue weighted by Crippen LogP contribution is 2.45. The summed E-state index contributed by atoms with van der Waals surface area (Å²) < 4.78 is 11.2. The third kappa shape index (κ3) is 3.02. The predicted molar refractivity (Wildman–Crippen MR) is 120 cm³/mol. The molecule has 162 valence electrons. The first-order valence-corrected chi connectivity index (χ1v) is 10.5. The first kappa shape index (κ1) is 20.1. The zero-order chi connectivity index (χ0) is 22.4. The summed E-state index contributed by atoms with van der Waals surface area (Å²) in [4.78, 5) is 26.5. The Morgan fingerprint density at radius 2 is 1.62 bits per heavy atom. The van der Waals surface area contributed by atoms with Gasteiger partial charge in [-0.1, -0.05) is 54.6 Å². The van der Waals surface area contributed by atoms with Crippen LogP contribution in [0.1, 0.15) is 28.2 Å². The average molecular weight is 429 g/mol. The van der Waals surface area contributed by atoms with Gasteiger partial charge >= 0.3 is 12.1 Å². The minimum Gasteiger partial charge on any atom is -0.496 e. The number of amides is 1. The van der Waals surface area contributed by atoms with Gasteiger partial charge in [0.05, 0.1) is 12.8 Å². The van der Waals surface area contributed by atoms with Gasteiger partial charge in [0, 0.05) is 17.9 Å². The molecule has 1 N–H and O–H groups in total. The van der Waals surface area contributed by atoms with E-state index in [0.29, 0.717) is 17.0 Å². The SMILES string of the molecule is COc1ccc(C)c2c1CC(C(=O)O)N2C(=O)OCC1c2ccccc2-c2ccccc21. The Labute approximate surface area is 186 Å². The molecule has 1 aliphatic carbocycles. The van der Waals surface area contributed by atoms with Gasteiger partial charge in [0.25, 0.3) is 0 Å². The molecule has 1 heterocycles. The van der Waals surface area contributed by atoms with Crippen molar-refractivity contribution >= 4 is 17.7 Å². The zero-order valence-corrected chi connectivity index (χ0v) is 17.9. The minimum atomic E-state index is -1.07. The van der Waals surface area contributed by atoms with E-state index in [9.17, 15) is 14.7 Å².